The van der Waals surface area contributed by atoms with Gasteiger partial charge in [-0.05, 0) is 48.7 Å². The number of hydrogen-bond acceptors (Lipinski definition) is 7. The molecule has 2 fully saturated rings. The average Bonchev–Trinajstić information content (AvgIpc) is 3.82. The molecule has 6 aliphatic heterocycles. The molecule has 2 atom stereocenters. The molecule has 4 bridgehead atoms. The van der Waals surface area contributed by atoms with E-state index in [-0.39, 0.29) is 25.1 Å². The zero-order chi connectivity index (χ0) is 28.5. The van der Waals surface area contributed by atoms with Crippen molar-refractivity contribution in [2.45, 2.75) is 50.6 Å². The van der Waals surface area contributed by atoms with Gasteiger partial charge < -0.3 is 14.6 Å². The molecular formula is C28H28N6O7+2. The molecule has 13 heteroatoms. The maximum Gasteiger partial charge on any atom is 0.447 e. The van der Waals surface area contributed by atoms with Crippen LogP contribution in [0.2, 0.25) is 0 Å². The third-order valence-electron chi connectivity index (χ3n) is 8.95. The van der Waals surface area contributed by atoms with Crippen molar-refractivity contribution in [1.29, 1.82) is 0 Å². The van der Waals surface area contributed by atoms with Crippen LogP contribution in [0, 0.1) is 0 Å². The summed E-state index contributed by atoms with van der Waals surface area (Å²) in [6.45, 7) is 0.493. The summed E-state index contributed by atoms with van der Waals surface area (Å²) in [4.78, 5) is 55.3. The lowest BCUT2D eigenvalue weighted by Crippen LogP contribution is -2.60. The highest BCUT2D eigenvalue weighted by Crippen LogP contribution is 2.50. The Hall–Kier alpha value is -4.62. The number of carboxylic acid groups (broad SMARTS) is 2. The lowest BCUT2D eigenvalue weighted by atomic mass is 10.00. The first-order valence-corrected chi connectivity index (χ1v) is 13.7. The third kappa shape index (κ3) is 3.24. The number of allylic oxidation sites excluding steroid dienone is 8. The number of fused-ring (bicyclic) bond motifs is 4. The molecule has 2 N–H and O–H groups in total. The van der Waals surface area contributed by atoms with Crippen LogP contribution in [0.3, 0.4) is 0 Å². The highest BCUT2D eigenvalue weighted by atomic mass is 16.4. The Bertz CT molecular complexity index is 1440. The van der Waals surface area contributed by atoms with Crippen LogP contribution >= 0.6 is 0 Å². The molecule has 6 aliphatic rings. The maximum absolute atomic E-state index is 14.4. The molecule has 7 heterocycles. The Morgan fingerprint density at radius 1 is 0.659 bits per heavy atom. The number of rotatable bonds is 4. The van der Waals surface area contributed by atoms with Crippen LogP contribution in [-0.2, 0) is 9.59 Å². The second kappa shape index (κ2) is 8.94. The molecule has 210 valence electrons. The van der Waals surface area contributed by atoms with E-state index in [1.807, 2.05) is 0 Å². The molecule has 4 amide bonds. The number of aromatic nitrogens is 2. The van der Waals surface area contributed by atoms with Crippen LogP contribution in [-0.4, -0.2) is 79.4 Å². The Morgan fingerprint density at radius 3 is 1.34 bits per heavy atom. The standard InChI is InChI=1S/C28H26N6O7/c35-23(21-5-1-3-15-31(21)27(37)38)33(17-7-8-18(33)10-9-17)25-29-30-26(41-25)34(19-11-12-20(34)14-13-19)24(36)22-6-2-4-16-32(22)28(39)40/h7-14,21-22H,1-6,15-16H2/p+2/t21-,22-/m1/s1. The fourth-order valence-electron chi connectivity index (χ4n) is 7.00. The predicted octanol–water partition coefficient (Wildman–Crippen LogP) is 3.50. The lowest BCUT2D eigenvalue weighted by molar-refractivity contribution is -0.133. The van der Waals surface area contributed by atoms with E-state index in [4.69, 9.17) is 4.42 Å². The van der Waals surface area contributed by atoms with Crippen molar-refractivity contribution >= 4 is 36.0 Å². The minimum Gasteiger partial charge on any atom is -0.465 e. The second-order valence-corrected chi connectivity index (χ2v) is 10.9. The highest BCUT2D eigenvalue weighted by Gasteiger charge is 2.63. The smallest absolute Gasteiger partial charge is 0.447 e. The number of quaternary nitrogens is 2. The molecule has 2 saturated heterocycles. The van der Waals surface area contributed by atoms with Gasteiger partial charge in [0, 0.05) is 61.7 Å². The Balaban J connectivity index is 1.33. The topological polar surface area (TPSA) is 154 Å². The average molecular weight is 561 g/mol. The summed E-state index contributed by atoms with van der Waals surface area (Å²) in [5.41, 5.74) is 2.16. The number of carbonyl (C=O) groups is 4. The van der Waals surface area contributed by atoms with Crippen LogP contribution in [0.1, 0.15) is 38.5 Å². The van der Waals surface area contributed by atoms with Gasteiger partial charge >= 0.3 is 36.0 Å². The summed E-state index contributed by atoms with van der Waals surface area (Å²) < 4.78 is 5.21. The van der Waals surface area contributed by atoms with Crippen molar-refractivity contribution in [3.63, 3.8) is 0 Å². The van der Waals surface area contributed by atoms with Gasteiger partial charge in [-0.15, -0.1) is 8.97 Å². The minimum atomic E-state index is -1.17. The van der Waals surface area contributed by atoms with Crippen molar-refractivity contribution in [2.75, 3.05) is 13.1 Å². The van der Waals surface area contributed by atoms with E-state index < -0.39 is 45.1 Å². The Labute approximate surface area is 234 Å². The van der Waals surface area contributed by atoms with Crippen molar-refractivity contribution in [3.8, 4) is 0 Å². The molecule has 0 saturated carbocycles. The Morgan fingerprint density at radius 2 is 1.02 bits per heavy atom. The van der Waals surface area contributed by atoms with Gasteiger partial charge in [0.15, 0.2) is 34.9 Å². The first kappa shape index (κ1) is 25.4. The monoisotopic (exact) mass is 560 g/mol. The molecule has 0 unspecified atom stereocenters. The van der Waals surface area contributed by atoms with E-state index >= 15 is 0 Å². The summed E-state index contributed by atoms with van der Waals surface area (Å²) in [6, 6.07) is -2.05. The molecule has 0 aromatic carbocycles. The molecule has 41 heavy (non-hydrogen) atoms. The van der Waals surface area contributed by atoms with E-state index in [9.17, 15) is 29.4 Å². The number of amides is 4. The van der Waals surface area contributed by atoms with E-state index in [0.29, 0.717) is 61.3 Å². The van der Waals surface area contributed by atoms with Crippen LogP contribution in [0.4, 0.5) is 21.6 Å². The lowest BCUT2D eigenvalue weighted by Gasteiger charge is -2.36. The van der Waals surface area contributed by atoms with Crippen LogP contribution in [0.5, 0.6) is 0 Å². The van der Waals surface area contributed by atoms with Crippen LogP contribution in [0.15, 0.2) is 75.8 Å². The van der Waals surface area contributed by atoms with Gasteiger partial charge in [-0.3, -0.25) is 9.80 Å². The van der Waals surface area contributed by atoms with Gasteiger partial charge in [0.05, 0.1) is 0 Å². The van der Waals surface area contributed by atoms with Crippen molar-refractivity contribution < 1.29 is 33.8 Å². The molecule has 0 aliphatic carbocycles. The molecule has 7 rings (SSSR count). The molecule has 1 aromatic rings. The number of piperidine rings is 2. The summed E-state index contributed by atoms with van der Waals surface area (Å²) in [7, 11) is 0. The van der Waals surface area contributed by atoms with E-state index in [2.05, 4.69) is 10.2 Å². The summed E-state index contributed by atoms with van der Waals surface area (Å²) in [5, 5.41) is 28.4. The van der Waals surface area contributed by atoms with Crippen molar-refractivity contribution in [3.05, 3.63) is 71.4 Å². The predicted molar refractivity (Wildman–Crippen MR) is 143 cm³/mol. The molecule has 0 radical (unpaired) electrons. The summed E-state index contributed by atoms with van der Waals surface area (Å²) >= 11 is 0. The molecule has 13 nitrogen and oxygen atoms in total. The van der Waals surface area contributed by atoms with Gasteiger partial charge in [0.25, 0.3) is 0 Å². The zero-order valence-corrected chi connectivity index (χ0v) is 22.0. The van der Waals surface area contributed by atoms with Gasteiger partial charge in [0.2, 0.25) is 0 Å². The van der Waals surface area contributed by atoms with Crippen LogP contribution in [0.25, 0.3) is 0 Å². The summed E-state index contributed by atoms with van der Waals surface area (Å²) in [5.74, 6) is -0.851. The fraction of sp³-hybridized carbons (Fsp3) is 0.357. The second-order valence-electron chi connectivity index (χ2n) is 10.9. The first-order valence-electron chi connectivity index (χ1n) is 13.7. The number of hydrogen-bond donors (Lipinski definition) is 2. The van der Waals surface area contributed by atoms with Gasteiger partial charge in [-0.2, -0.15) is 0 Å². The molecular weight excluding hydrogens is 532 g/mol. The first-order chi connectivity index (χ1) is 19.8. The maximum atomic E-state index is 14.4. The van der Waals surface area contributed by atoms with Crippen molar-refractivity contribution in [2.24, 2.45) is 0 Å². The number of nitrogens with zero attached hydrogens (tertiary/aromatic N) is 6. The number of carbonyl (C=O) groups excluding carboxylic acids is 2. The van der Waals surface area contributed by atoms with E-state index in [1.165, 1.54) is 9.80 Å². The SMILES string of the molecule is O=C(O)N1CCCC[C@@H]1C(=O)[N+]1(c2nnc([N+]3(C(=O)[C@H]4CCCCN4C(=O)O)C4=CC=C3C=C4)o2)C2=CC=C1C=C2. The quantitative estimate of drug-likeness (QED) is 0.527. The normalized spacial score (nSPS) is 26.5. The highest BCUT2D eigenvalue weighted by molar-refractivity contribution is 6.02. The third-order valence-corrected chi connectivity index (χ3v) is 8.95. The zero-order valence-electron chi connectivity index (χ0n) is 22.0. The van der Waals surface area contributed by atoms with Crippen LogP contribution < -0.4 is 8.97 Å². The largest absolute Gasteiger partial charge is 0.465 e. The van der Waals surface area contributed by atoms with Gasteiger partial charge in [-0.1, -0.05) is 0 Å². The number of likely N-dealkylation sites (tertiary alicyclic amines) is 2. The summed E-state index contributed by atoms with van der Waals surface area (Å²) in [6.07, 6.45) is 15.2. The van der Waals surface area contributed by atoms with Gasteiger partial charge in [0.1, 0.15) is 0 Å². The molecule has 0 spiro atoms. The minimum absolute atomic E-state index is 0.0996. The fourth-order valence-corrected chi connectivity index (χ4v) is 7.00. The van der Waals surface area contributed by atoms with Gasteiger partial charge in [-0.25, -0.2) is 19.2 Å². The van der Waals surface area contributed by atoms with E-state index in [1.54, 1.807) is 48.6 Å². The molecule has 1 aromatic heterocycles. The Kier molecular flexibility index (Phi) is 5.53. The van der Waals surface area contributed by atoms with Crippen molar-refractivity contribution in [1.82, 2.24) is 29.0 Å². The van der Waals surface area contributed by atoms with E-state index in [0.717, 1.165) is 0 Å².